The molecule has 0 aromatic rings. The third-order valence-corrected chi connectivity index (χ3v) is 4.09. The minimum Gasteiger partial charge on any atom is -0.391 e. The van der Waals surface area contributed by atoms with E-state index >= 15 is 0 Å². The molecule has 0 radical (unpaired) electrons. The molecule has 2 fully saturated rings. The van der Waals surface area contributed by atoms with E-state index in [-0.39, 0.29) is 18.2 Å². The molecule has 16 heavy (non-hydrogen) atoms. The van der Waals surface area contributed by atoms with Crippen molar-refractivity contribution in [2.75, 3.05) is 6.61 Å². The van der Waals surface area contributed by atoms with Gasteiger partial charge in [0.25, 0.3) is 0 Å². The van der Waals surface area contributed by atoms with Gasteiger partial charge in [-0.2, -0.15) is 0 Å². The molecule has 3 heteroatoms. The van der Waals surface area contributed by atoms with Crippen molar-refractivity contribution in [3.63, 3.8) is 0 Å². The lowest BCUT2D eigenvalue weighted by atomic mass is 10.0. The van der Waals surface area contributed by atoms with Crippen LogP contribution >= 0.6 is 0 Å². The highest BCUT2D eigenvalue weighted by Gasteiger charge is 2.26. The first-order valence-electron chi connectivity index (χ1n) is 6.81. The summed E-state index contributed by atoms with van der Waals surface area (Å²) in [7, 11) is 0. The van der Waals surface area contributed by atoms with E-state index in [4.69, 9.17) is 10.5 Å². The summed E-state index contributed by atoms with van der Waals surface area (Å²) in [6.45, 7) is 0.481. The van der Waals surface area contributed by atoms with Gasteiger partial charge >= 0.3 is 0 Å². The lowest BCUT2D eigenvalue weighted by molar-refractivity contribution is -0.0195. The van der Waals surface area contributed by atoms with Gasteiger partial charge < -0.3 is 15.6 Å². The standard InChI is InChI=1S/C13H25NO2/c14-12-6-3-7-13(12)16-9-11(15)8-10-4-1-2-5-10/h10-13,15H,1-9,14H2. The van der Waals surface area contributed by atoms with Crippen molar-refractivity contribution >= 4 is 0 Å². The van der Waals surface area contributed by atoms with Crippen LogP contribution in [0.5, 0.6) is 0 Å². The van der Waals surface area contributed by atoms with Crippen LogP contribution in [0.2, 0.25) is 0 Å². The molecule has 3 nitrogen and oxygen atoms in total. The fourth-order valence-electron chi connectivity index (χ4n) is 3.10. The summed E-state index contributed by atoms with van der Waals surface area (Å²) in [5.41, 5.74) is 5.92. The zero-order valence-electron chi connectivity index (χ0n) is 10.1. The van der Waals surface area contributed by atoms with Crippen LogP contribution in [-0.4, -0.2) is 30.0 Å². The molecule has 2 aliphatic carbocycles. The third-order valence-electron chi connectivity index (χ3n) is 4.09. The van der Waals surface area contributed by atoms with Crippen LogP contribution in [0.4, 0.5) is 0 Å². The van der Waals surface area contributed by atoms with E-state index in [0.717, 1.165) is 25.2 Å². The molecule has 0 aliphatic heterocycles. The van der Waals surface area contributed by atoms with Gasteiger partial charge in [-0.1, -0.05) is 25.7 Å². The van der Waals surface area contributed by atoms with Gasteiger partial charge in [-0.05, 0) is 31.6 Å². The van der Waals surface area contributed by atoms with E-state index in [9.17, 15) is 5.11 Å². The number of aliphatic hydroxyl groups is 1. The number of aliphatic hydroxyl groups excluding tert-OH is 1. The molecule has 3 unspecified atom stereocenters. The smallest absolute Gasteiger partial charge is 0.0776 e. The molecule has 0 bridgehead atoms. The van der Waals surface area contributed by atoms with Gasteiger partial charge in [-0.15, -0.1) is 0 Å². The van der Waals surface area contributed by atoms with Crippen LogP contribution in [0.1, 0.15) is 51.4 Å². The number of rotatable bonds is 5. The lowest BCUT2D eigenvalue weighted by Gasteiger charge is -2.20. The Labute approximate surface area is 98.4 Å². The van der Waals surface area contributed by atoms with Crippen molar-refractivity contribution in [1.82, 2.24) is 0 Å². The second-order valence-electron chi connectivity index (χ2n) is 5.51. The molecule has 0 saturated heterocycles. The molecule has 0 spiro atoms. The fraction of sp³-hybridized carbons (Fsp3) is 1.00. The van der Waals surface area contributed by atoms with Gasteiger partial charge in [0, 0.05) is 6.04 Å². The minimum atomic E-state index is -0.282. The highest BCUT2D eigenvalue weighted by molar-refractivity contribution is 4.81. The quantitative estimate of drug-likeness (QED) is 0.753. The summed E-state index contributed by atoms with van der Waals surface area (Å²) < 4.78 is 5.71. The normalized spacial score (nSPS) is 33.4. The summed E-state index contributed by atoms with van der Waals surface area (Å²) in [5, 5.41) is 9.89. The molecule has 0 aromatic carbocycles. The van der Waals surface area contributed by atoms with Crippen molar-refractivity contribution in [1.29, 1.82) is 0 Å². The highest BCUT2D eigenvalue weighted by atomic mass is 16.5. The van der Waals surface area contributed by atoms with Gasteiger partial charge in [0.2, 0.25) is 0 Å². The molecule has 3 N–H and O–H groups in total. The van der Waals surface area contributed by atoms with Crippen molar-refractivity contribution in [2.45, 2.75) is 69.6 Å². The maximum Gasteiger partial charge on any atom is 0.0776 e. The Morgan fingerprint density at radius 3 is 2.50 bits per heavy atom. The summed E-state index contributed by atoms with van der Waals surface area (Å²) >= 11 is 0. The first kappa shape index (κ1) is 12.3. The van der Waals surface area contributed by atoms with Crippen molar-refractivity contribution in [3.8, 4) is 0 Å². The molecule has 0 heterocycles. The summed E-state index contributed by atoms with van der Waals surface area (Å²) in [5.74, 6) is 0.732. The fourth-order valence-corrected chi connectivity index (χ4v) is 3.10. The molecule has 2 saturated carbocycles. The second-order valence-corrected chi connectivity index (χ2v) is 5.51. The Balaban J connectivity index is 1.61. The van der Waals surface area contributed by atoms with E-state index in [1.165, 1.54) is 32.1 Å². The Bertz CT molecular complexity index is 204. The Kier molecular flexibility index (Phi) is 4.62. The third kappa shape index (κ3) is 3.44. The molecular weight excluding hydrogens is 202 g/mol. The van der Waals surface area contributed by atoms with Crippen molar-refractivity contribution < 1.29 is 9.84 Å². The van der Waals surface area contributed by atoms with Crippen LogP contribution in [0.15, 0.2) is 0 Å². The average Bonchev–Trinajstić information content (AvgIpc) is 2.87. The largest absolute Gasteiger partial charge is 0.391 e. The topological polar surface area (TPSA) is 55.5 Å². The van der Waals surface area contributed by atoms with E-state index in [2.05, 4.69) is 0 Å². The molecule has 2 rings (SSSR count). The number of ether oxygens (including phenoxy) is 1. The number of hydrogen-bond acceptors (Lipinski definition) is 3. The molecule has 0 amide bonds. The first-order valence-corrected chi connectivity index (χ1v) is 6.81. The van der Waals surface area contributed by atoms with Gasteiger partial charge in [-0.3, -0.25) is 0 Å². The van der Waals surface area contributed by atoms with Gasteiger partial charge in [0.1, 0.15) is 0 Å². The molecule has 94 valence electrons. The van der Waals surface area contributed by atoms with Crippen LogP contribution in [0, 0.1) is 5.92 Å². The maximum atomic E-state index is 9.89. The van der Waals surface area contributed by atoms with E-state index in [0.29, 0.717) is 6.61 Å². The molecule has 0 aromatic heterocycles. The zero-order chi connectivity index (χ0) is 11.4. The summed E-state index contributed by atoms with van der Waals surface area (Å²) in [6.07, 6.45) is 9.40. The molecular formula is C13H25NO2. The van der Waals surface area contributed by atoms with Crippen molar-refractivity contribution in [2.24, 2.45) is 11.7 Å². The van der Waals surface area contributed by atoms with Crippen LogP contribution in [0.3, 0.4) is 0 Å². The van der Waals surface area contributed by atoms with E-state index in [1.807, 2.05) is 0 Å². The van der Waals surface area contributed by atoms with Gasteiger partial charge in [0.05, 0.1) is 18.8 Å². The Morgan fingerprint density at radius 1 is 1.12 bits per heavy atom. The van der Waals surface area contributed by atoms with Crippen LogP contribution in [-0.2, 0) is 4.74 Å². The molecule has 3 atom stereocenters. The SMILES string of the molecule is NC1CCCC1OCC(O)CC1CCCC1. The Morgan fingerprint density at radius 2 is 1.88 bits per heavy atom. The van der Waals surface area contributed by atoms with E-state index in [1.54, 1.807) is 0 Å². The number of nitrogens with two attached hydrogens (primary N) is 1. The predicted octanol–water partition coefficient (Wildman–Crippen LogP) is 1.82. The van der Waals surface area contributed by atoms with Crippen LogP contribution in [0.25, 0.3) is 0 Å². The van der Waals surface area contributed by atoms with Gasteiger partial charge in [0.15, 0.2) is 0 Å². The maximum absolute atomic E-state index is 9.89. The van der Waals surface area contributed by atoms with Gasteiger partial charge in [-0.25, -0.2) is 0 Å². The second kappa shape index (κ2) is 5.99. The van der Waals surface area contributed by atoms with Crippen LogP contribution < -0.4 is 5.73 Å². The predicted molar refractivity (Wildman–Crippen MR) is 64.1 cm³/mol. The first-order chi connectivity index (χ1) is 7.75. The monoisotopic (exact) mass is 227 g/mol. The highest BCUT2D eigenvalue weighted by Crippen LogP contribution is 2.29. The summed E-state index contributed by atoms with van der Waals surface area (Å²) in [6, 6.07) is 0.193. The minimum absolute atomic E-state index is 0.193. The Hall–Kier alpha value is -0.120. The summed E-state index contributed by atoms with van der Waals surface area (Å²) in [4.78, 5) is 0. The number of hydrogen-bond donors (Lipinski definition) is 2. The molecule has 2 aliphatic rings. The zero-order valence-corrected chi connectivity index (χ0v) is 10.1. The average molecular weight is 227 g/mol. The lowest BCUT2D eigenvalue weighted by Crippen LogP contribution is -2.33. The van der Waals surface area contributed by atoms with E-state index < -0.39 is 0 Å². The van der Waals surface area contributed by atoms with Crippen molar-refractivity contribution in [3.05, 3.63) is 0 Å².